The Morgan fingerprint density at radius 2 is 1.84 bits per heavy atom. The zero-order valence-corrected chi connectivity index (χ0v) is 11.9. The Morgan fingerprint density at radius 1 is 1.21 bits per heavy atom. The summed E-state index contributed by atoms with van der Waals surface area (Å²) in [7, 11) is 0. The minimum absolute atomic E-state index is 0. The van der Waals surface area contributed by atoms with E-state index in [4.69, 9.17) is 5.11 Å². The minimum Gasteiger partial charge on any atom is -0.481 e. The Hall–Kier alpha value is -1.06. The molecule has 3 nitrogen and oxygen atoms in total. The van der Waals surface area contributed by atoms with E-state index in [1.807, 2.05) is 6.07 Å². The second kappa shape index (κ2) is 8.18. The number of nitrogens with zero attached hydrogens (tertiary/aromatic N) is 1. The number of hydrogen-bond acceptors (Lipinski definition) is 2. The molecule has 4 heteroatoms. The molecule has 1 saturated heterocycles. The van der Waals surface area contributed by atoms with Crippen molar-refractivity contribution in [2.75, 3.05) is 13.1 Å². The van der Waals surface area contributed by atoms with Gasteiger partial charge in [-0.1, -0.05) is 30.3 Å². The number of hydrogen-bond donors (Lipinski definition) is 1. The normalized spacial score (nSPS) is 16.8. The van der Waals surface area contributed by atoms with Gasteiger partial charge in [0.1, 0.15) is 0 Å². The molecule has 1 N–H and O–H groups in total. The molecular weight excluding hydrogens is 262 g/mol. The van der Waals surface area contributed by atoms with Gasteiger partial charge in [0.2, 0.25) is 0 Å². The molecule has 106 valence electrons. The van der Waals surface area contributed by atoms with Crippen LogP contribution >= 0.6 is 12.4 Å². The van der Waals surface area contributed by atoms with Gasteiger partial charge in [0.15, 0.2) is 0 Å². The number of benzene rings is 1. The fourth-order valence-corrected chi connectivity index (χ4v) is 2.60. The molecule has 0 amide bonds. The Kier molecular flexibility index (Phi) is 6.89. The minimum atomic E-state index is -0.665. The van der Waals surface area contributed by atoms with Crippen LogP contribution in [0.15, 0.2) is 30.3 Å². The van der Waals surface area contributed by atoms with Gasteiger partial charge >= 0.3 is 5.97 Å². The second-order valence-corrected chi connectivity index (χ2v) is 5.14. The van der Waals surface area contributed by atoms with Gasteiger partial charge in [-0.15, -0.1) is 12.4 Å². The summed E-state index contributed by atoms with van der Waals surface area (Å²) in [5, 5.41) is 8.68. The van der Waals surface area contributed by atoms with Crippen molar-refractivity contribution in [2.45, 2.75) is 32.2 Å². The van der Waals surface area contributed by atoms with Crippen LogP contribution < -0.4 is 0 Å². The molecule has 0 spiro atoms. The largest absolute Gasteiger partial charge is 0.481 e. The third-order valence-corrected chi connectivity index (χ3v) is 3.72. The molecule has 0 atom stereocenters. The number of halogens is 1. The van der Waals surface area contributed by atoms with Crippen LogP contribution in [0.25, 0.3) is 0 Å². The molecule has 1 heterocycles. The predicted octanol–water partition coefficient (Wildman–Crippen LogP) is 3.19. The molecule has 19 heavy (non-hydrogen) atoms. The first-order valence-corrected chi connectivity index (χ1v) is 6.72. The van der Waals surface area contributed by atoms with Crippen LogP contribution in [0, 0.1) is 5.92 Å². The number of carboxylic acids is 1. The van der Waals surface area contributed by atoms with Gasteiger partial charge in [-0.2, -0.15) is 0 Å². The molecule has 0 saturated carbocycles. The Labute approximate surface area is 121 Å². The SMILES string of the molecule is Cl.O=C(O)CCC1CCN(Cc2ccccc2)CC1. The summed E-state index contributed by atoms with van der Waals surface area (Å²) < 4.78 is 0. The van der Waals surface area contributed by atoms with E-state index in [1.54, 1.807) is 0 Å². The van der Waals surface area contributed by atoms with Crippen molar-refractivity contribution in [1.29, 1.82) is 0 Å². The highest BCUT2D eigenvalue weighted by atomic mass is 35.5. The molecule has 1 fully saturated rings. The Balaban J connectivity index is 0.00000180. The highest BCUT2D eigenvalue weighted by molar-refractivity contribution is 5.85. The Morgan fingerprint density at radius 3 is 2.42 bits per heavy atom. The van der Waals surface area contributed by atoms with Crippen LogP contribution in [-0.2, 0) is 11.3 Å². The number of aliphatic carboxylic acids is 1. The summed E-state index contributed by atoms with van der Waals surface area (Å²) in [6.45, 7) is 3.21. The maximum absolute atomic E-state index is 10.5. The lowest BCUT2D eigenvalue weighted by atomic mass is 9.92. The maximum Gasteiger partial charge on any atom is 0.303 e. The smallest absolute Gasteiger partial charge is 0.303 e. The Bertz CT molecular complexity index is 375. The summed E-state index contributed by atoms with van der Waals surface area (Å²) in [4.78, 5) is 13.0. The summed E-state index contributed by atoms with van der Waals surface area (Å²) in [5.74, 6) is -0.0603. The molecule has 0 aliphatic carbocycles. The number of carboxylic acid groups (broad SMARTS) is 1. The molecule has 2 rings (SSSR count). The lowest BCUT2D eigenvalue weighted by molar-refractivity contribution is -0.137. The molecule has 1 aromatic carbocycles. The number of rotatable bonds is 5. The van der Waals surface area contributed by atoms with E-state index in [9.17, 15) is 4.79 Å². The van der Waals surface area contributed by atoms with Crippen LogP contribution in [0.4, 0.5) is 0 Å². The lowest BCUT2D eigenvalue weighted by Gasteiger charge is -2.31. The van der Waals surface area contributed by atoms with E-state index < -0.39 is 5.97 Å². The first-order valence-electron chi connectivity index (χ1n) is 6.72. The molecule has 0 bridgehead atoms. The topological polar surface area (TPSA) is 40.5 Å². The quantitative estimate of drug-likeness (QED) is 0.902. The average molecular weight is 284 g/mol. The van der Waals surface area contributed by atoms with Crippen molar-refractivity contribution in [3.8, 4) is 0 Å². The molecule has 1 aliphatic rings. The highest BCUT2D eigenvalue weighted by Gasteiger charge is 2.19. The third kappa shape index (κ3) is 5.62. The van der Waals surface area contributed by atoms with E-state index in [1.165, 1.54) is 5.56 Å². The van der Waals surface area contributed by atoms with E-state index in [2.05, 4.69) is 29.2 Å². The van der Waals surface area contributed by atoms with Crippen LogP contribution in [0.1, 0.15) is 31.2 Å². The summed E-state index contributed by atoms with van der Waals surface area (Å²) in [5.41, 5.74) is 1.36. The molecule has 0 unspecified atom stereocenters. The van der Waals surface area contributed by atoms with Gasteiger partial charge in [0, 0.05) is 13.0 Å². The third-order valence-electron chi connectivity index (χ3n) is 3.72. The van der Waals surface area contributed by atoms with Gasteiger partial charge in [0.05, 0.1) is 0 Å². The van der Waals surface area contributed by atoms with E-state index in [0.717, 1.165) is 38.9 Å². The van der Waals surface area contributed by atoms with Gasteiger partial charge < -0.3 is 5.11 Å². The van der Waals surface area contributed by atoms with Crippen LogP contribution in [0.5, 0.6) is 0 Å². The van der Waals surface area contributed by atoms with Crippen LogP contribution in [0.2, 0.25) is 0 Å². The lowest BCUT2D eigenvalue weighted by Crippen LogP contribution is -2.33. The van der Waals surface area contributed by atoms with Crippen molar-refractivity contribution in [3.05, 3.63) is 35.9 Å². The fraction of sp³-hybridized carbons (Fsp3) is 0.533. The van der Waals surface area contributed by atoms with Crippen LogP contribution in [-0.4, -0.2) is 29.1 Å². The molecule has 1 aliphatic heterocycles. The monoisotopic (exact) mass is 283 g/mol. The van der Waals surface area contributed by atoms with E-state index in [0.29, 0.717) is 12.3 Å². The molecule has 0 radical (unpaired) electrons. The number of likely N-dealkylation sites (tertiary alicyclic amines) is 1. The summed E-state index contributed by atoms with van der Waals surface area (Å²) in [6, 6.07) is 10.5. The number of carbonyl (C=O) groups is 1. The van der Waals surface area contributed by atoms with Crippen molar-refractivity contribution < 1.29 is 9.90 Å². The van der Waals surface area contributed by atoms with Gasteiger partial charge in [-0.25, -0.2) is 0 Å². The summed E-state index contributed by atoms with van der Waals surface area (Å²) >= 11 is 0. The first kappa shape index (κ1) is 16.0. The second-order valence-electron chi connectivity index (χ2n) is 5.14. The summed E-state index contributed by atoms with van der Waals surface area (Å²) in [6.07, 6.45) is 3.44. The fourth-order valence-electron chi connectivity index (χ4n) is 2.60. The van der Waals surface area contributed by atoms with Gasteiger partial charge in [-0.05, 0) is 43.8 Å². The van der Waals surface area contributed by atoms with Crippen molar-refractivity contribution >= 4 is 18.4 Å². The van der Waals surface area contributed by atoms with Crippen molar-refractivity contribution in [2.24, 2.45) is 5.92 Å². The molecular formula is C15H22ClNO2. The zero-order chi connectivity index (χ0) is 12.8. The standard InChI is InChI=1S/C15H21NO2.ClH/c17-15(18)7-6-13-8-10-16(11-9-13)12-14-4-2-1-3-5-14;/h1-5,13H,6-12H2,(H,17,18);1H. The van der Waals surface area contributed by atoms with Crippen molar-refractivity contribution in [1.82, 2.24) is 4.90 Å². The maximum atomic E-state index is 10.5. The first-order chi connectivity index (χ1) is 8.74. The van der Waals surface area contributed by atoms with Gasteiger partial charge in [0.25, 0.3) is 0 Å². The van der Waals surface area contributed by atoms with Gasteiger partial charge in [-0.3, -0.25) is 9.69 Å². The highest BCUT2D eigenvalue weighted by Crippen LogP contribution is 2.22. The average Bonchev–Trinajstić information content (AvgIpc) is 2.39. The van der Waals surface area contributed by atoms with Crippen LogP contribution in [0.3, 0.4) is 0 Å². The van der Waals surface area contributed by atoms with E-state index >= 15 is 0 Å². The molecule has 0 aromatic heterocycles. The zero-order valence-electron chi connectivity index (χ0n) is 11.1. The van der Waals surface area contributed by atoms with E-state index in [-0.39, 0.29) is 12.4 Å². The van der Waals surface area contributed by atoms with Crippen molar-refractivity contribution in [3.63, 3.8) is 0 Å². The molecule has 1 aromatic rings. The predicted molar refractivity (Wildman–Crippen MR) is 78.6 cm³/mol. The number of piperidine rings is 1.